The second kappa shape index (κ2) is 8.64. The molecular formula is C20H27N3O5S. The van der Waals surface area contributed by atoms with Crippen molar-refractivity contribution in [1.82, 2.24) is 14.2 Å². The lowest BCUT2D eigenvalue weighted by atomic mass is 10.1. The Kier molecular flexibility index (Phi) is 6.40. The summed E-state index contributed by atoms with van der Waals surface area (Å²) in [6, 6.07) is 4.45. The Morgan fingerprint density at radius 1 is 1.31 bits per heavy atom. The number of aryl methyl sites for hydroxylation is 1. The number of fused-ring (bicyclic) bond motifs is 1. The molecule has 1 aliphatic rings. The fraction of sp³-hybridized carbons (Fsp3) is 0.500. The van der Waals surface area contributed by atoms with Gasteiger partial charge >= 0.3 is 0 Å². The van der Waals surface area contributed by atoms with Gasteiger partial charge in [-0.25, -0.2) is 8.42 Å². The molecule has 2 aromatic rings. The Bertz CT molecular complexity index is 1070. The van der Waals surface area contributed by atoms with E-state index < -0.39 is 21.4 Å². The molecule has 158 valence electrons. The molecule has 1 aromatic heterocycles. The Morgan fingerprint density at radius 3 is 2.66 bits per heavy atom. The van der Waals surface area contributed by atoms with Crippen LogP contribution in [0, 0.1) is 0 Å². The van der Waals surface area contributed by atoms with Gasteiger partial charge in [0.1, 0.15) is 5.56 Å². The fourth-order valence-corrected chi connectivity index (χ4v) is 5.10. The van der Waals surface area contributed by atoms with E-state index >= 15 is 0 Å². The molecule has 3 rings (SSSR count). The molecule has 1 atom stereocenters. The van der Waals surface area contributed by atoms with E-state index in [0.717, 1.165) is 12.8 Å². The highest BCUT2D eigenvalue weighted by molar-refractivity contribution is 7.89. The topological polar surface area (TPSA) is 97.7 Å². The van der Waals surface area contributed by atoms with Gasteiger partial charge in [-0.05, 0) is 31.0 Å². The number of sulfonamides is 1. The summed E-state index contributed by atoms with van der Waals surface area (Å²) >= 11 is 0. The molecule has 2 heterocycles. The molecule has 0 aliphatic carbocycles. The standard InChI is InChI=1S/C20H27N3O5S/c1-4-23(5-2)29(26,27)15-8-9-18-16(11-15)19(24)17(13-22(18)3)20(25)21-12-14-7-6-10-28-14/h8-9,11,13-14H,4-7,10,12H2,1-3H3,(H,21,25)/t14-/m1/s1. The molecule has 0 unspecified atom stereocenters. The van der Waals surface area contributed by atoms with Crippen LogP contribution in [0.2, 0.25) is 0 Å². The Balaban J connectivity index is 2.00. The third kappa shape index (κ3) is 4.22. The molecule has 0 radical (unpaired) electrons. The number of hydrogen-bond donors (Lipinski definition) is 1. The maximum Gasteiger partial charge on any atom is 0.256 e. The molecule has 0 saturated carbocycles. The van der Waals surface area contributed by atoms with Crippen LogP contribution in [0.15, 0.2) is 34.1 Å². The summed E-state index contributed by atoms with van der Waals surface area (Å²) in [6.07, 6.45) is 3.28. The molecule has 0 spiro atoms. The lowest BCUT2D eigenvalue weighted by Gasteiger charge is -2.19. The molecule has 1 N–H and O–H groups in total. The zero-order valence-corrected chi connectivity index (χ0v) is 17.8. The number of aromatic nitrogens is 1. The third-order valence-electron chi connectivity index (χ3n) is 5.26. The Labute approximate surface area is 170 Å². The summed E-state index contributed by atoms with van der Waals surface area (Å²) in [5, 5.41) is 2.95. The quantitative estimate of drug-likeness (QED) is 0.730. The summed E-state index contributed by atoms with van der Waals surface area (Å²) in [6.45, 7) is 5.22. The van der Waals surface area contributed by atoms with E-state index in [2.05, 4.69) is 5.32 Å². The van der Waals surface area contributed by atoms with Gasteiger partial charge in [0.2, 0.25) is 15.5 Å². The molecule has 1 aliphatic heterocycles. The maximum absolute atomic E-state index is 13.0. The minimum absolute atomic E-state index is 0.0182. The van der Waals surface area contributed by atoms with Gasteiger partial charge in [-0.15, -0.1) is 0 Å². The van der Waals surface area contributed by atoms with Crippen LogP contribution in [0.1, 0.15) is 37.0 Å². The molecular weight excluding hydrogens is 394 g/mol. The molecule has 29 heavy (non-hydrogen) atoms. The normalized spacial score (nSPS) is 17.2. The average Bonchev–Trinajstić information content (AvgIpc) is 3.23. The largest absolute Gasteiger partial charge is 0.376 e. The fourth-order valence-electron chi connectivity index (χ4n) is 3.61. The Hall–Kier alpha value is -2.23. The zero-order valence-electron chi connectivity index (χ0n) is 17.0. The van der Waals surface area contributed by atoms with Gasteiger partial charge in [-0.2, -0.15) is 4.31 Å². The van der Waals surface area contributed by atoms with Crippen LogP contribution in [0.4, 0.5) is 0 Å². The zero-order chi connectivity index (χ0) is 21.2. The van der Waals surface area contributed by atoms with Crippen molar-refractivity contribution in [2.24, 2.45) is 7.05 Å². The van der Waals surface area contributed by atoms with Crippen LogP contribution in [-0.4, -0.2) is 55.5 Å². The first-order valence-electron chi connectivity index (χ1n) is 9.83. The number of carbonyl (C=O) groups excluding carboxylic acids is 1. The van der Waals surface area contributed by atoms with Crippen molar-refractivity contribution in [2.45, 2.75) is 37.7 Å². The van der Waals surface area contributed by atoms with Crippen molar-refractivity contribution in [3.05, 3.63) is 40.2 Å². The number of amides is 1. The van der Waals surface area contributed by atoms with Crippen molar-refractivity contribution >= 4 is 26.8 Å². The van der Waals surface area contributed by atoms with E-state index in [1.165, 1.54) is 22.6 Å². The highest BCUT2D eigenvalue weighted by Crippen LogP contribution is 2.20. The van der Waals surface area contributed by atoms with E-state index in [9.17, 15) is 18.0 Å². The lowest BCUT2D eigenvalue weighted by molar-refractivity contribution is 0.0856. The van der Waals surface area contributed by atoms with E-state index in [1.807, 2.05) is 0 Å². The number of ether oxygens (including phenoxy) is 1. The van der Waals surface area contributed by atoms with Crippen molar-refractivity contribution in [2.75, 3.05) is 26.2 Å². The number of benzene rings is 1. The molecule has 1 saturated heterocycles. The van der Waals surface area contributed by atoms with Crippen LogP contribution in [0.25, 0.3) is 10.9 Å². The summed E-state index contributed by atoms with van der Waals surface area (Å²) in [7, 11) is -1.99. The van der Waals surface area contributed by atoms with Gasteiger partial charge in [0.05, 0.1) is 16.5 Å². The monoisotopic (exact) mass is 421 g/mol. The van der Waals surface area contributed by atoms with Crippen LogP contribution in [0.5, 0.6) is 0 Å². The number of rotatable bonds is 7. The van der Waals surface area contributed by atoms with E-state index in [-0.39, 0.29) is 21.9 Å². The van der Waals surface area contributed by atoms with Crippen LogP contribution in [-0.2, 0) is 21.8 Å². The first kappa shape index (κ1) is 21.5. The van der Waals surface area contributed by atoms with Gasteiger partial charge < -0.3 is 14.6 Å². The first-order chi connectivity index (χ1) is 13.8. The van der Waals surface area contributed by atoms with Crippen molar-refractivity contribution < 1.29 is 17.9 Å². The predicted molar refractivity (Wildman–Crippen MR) is 111 cm³/mol. The van der Waals surface area contributed by atoms with Gasteiger partial charge in [0.25, 0.3) is 5.91 Å². The van der Waals surface area contributed by atoms with Crippen LogP contribution in [0.3, 0.4) is 0 Å². The van der Waals surface area contributed by atoms with Gasteiger partial charge in [0.15, 0.2) is 0 Å². The molecule has 1 amide bonds. The second-order valence-corrected chi connectivity index (χ2v) is 9.03. The summed E-state index contributed by atoms with van der Waals surface area (Å²) in [5.74, 6) is -0.486. The summed E-state index contributed by atoms with van der Waals surface area (Å²) in [5.41, 5.74) is 0.0547. The summed E-state index contributed by atoms with van der Waals surface area (Å²) < 4.78 is 34.1. The molecule has 1 fully saturated rings. The second-order valence-electron chi connectivity index (χ2n) is 7.10. The average molecular weight is 422 g/mol. The first-order valence-corrected chi connectivity index (χ1v) is 11.3. The van der Waals surface area contributed by atoms with E-state index in [1.54, 1.807) is 31.5 Å². The van der Waals surface area contributed by atoms with Crippen molar-refractivity contribution in [1.29, 1.82) is 0 Å². The van der Waals surface area contributed by atoms with E-state index in [0.29, 0.717) is 31.8 Å². The number of carbonyl (C=O) groups is 1. The molecule has 9 heteroatoms. The van der Waals surface area contributed by atoms with E-state index in [4.69, 9.17) is 4.74 Å². The highest BCUT2D eigenvalue weighted by Gasteiger charge is 2.24. The van der Waals surface area contributed by atoms with Gasteiger partial charge in [0, 0.05) is 44.9 Å². The smallest absolute Gasteiger partial charge is 0.256 e. The minimum Gasteiger partial charge on any atom is -0.376 e. The number of nitrogens with one attached hydrogen (secondary N) is 1. The number of nitrogens with zero attached hydrogens (tertiary/aromatic N) is 2. The van der Waals surface area contributed by atoms with Crippen LogP contribution >= 0.6 is 0 Å². The predicted octanol–water partition coefficient (Wildman–Crippen LogP) is 1.48. The SMILES string of the molecule is CCN(CC)S(=O)(=O)c1ccc2c(c1)c(=O)c(C(=O)NC[C@H]1CCCO1)cn2C. The van der Waals surface area contributed by atoms with Crippen LogP contribution < -0.4 is 10.7 Å². The molecule has 8 nitrogen and oxygen atoms in total. The Morgan fingerprint density at radius 2 is 2.03 bits per heavy atom. The minimum atomic E-state index is -3.71. The molecule has 1 aromatic carbocycles. The van der Waals surface area contributed by atoms with Gasteiger partial charge in [-0.1, -0.05) is 13.8 Å². The third-order valence-corrected chi connectivity index (χ3v) is 7.31. The van der Waals surface area contributed by atoms with Gasteiger partial charge in [-0.3, -0.25) is 9.59 Å². The van der Waals surface area contributed by atoms with Crippen molar-refractivity contribution in [3.8, 4) is 0 Å². The van der Waals surface area contributed by atoms with Crippen molar-refractivity contribution in [3.63, 3.8) is 0 Å². The number of hydrogen-bond acceptors (Lipinski definition) is 5. The number of pyridine rings is 1. The molecule has 0 bridgehead atoms. The maximum atomic E-state index is 13.0. The summed E-state index contributed by atoms with van der Waals surface area (Å²) in [4.78, 5) is 25.6. The lowest BCUT2D eigenvalue weighted by Crippen LogP contribution is -2.35. The highest BCUT2D eigenvalue weighted by atomic mass is 32.2.